The Morgan fingerprint density at radius 1 is 1.19 bits per heavy atom. The van der Waals surface area contributed by atoms with Crippen LogP contribution in [0.3, 0.4) is 0 Å². The zero-order valence-electron chi connectivity index (χ0n) is 12.6. The van der Waals surface area contributed by atoms with Crippen molar-refractivity contribution in [1.82, 2.24) is 10.6 Å². The fourth-order valence-electron chi connectivity index (χ4n) is 2.27. The second-order valence-corrected chi connectivity index (χ2v) is 5.44. The molecule has 1 aromatic rings. The predicted molar refractivity (Wildman–Crippen MR) is 79.6 cm³/mol. The highest BCUT2D eigenvalue weighted by atomic mass is 16.5. The lowest BCUT2D eigenvalue weighted by Gasteiger charge is -2.16. The van der Waals surface area contributed by atoms with Gasteiger partial charge >= 0.3 is 0 Å². The SMILES string of the molecule is COCCNC(=O)C1(C(=O)NCc2ccccc2C)CC1. The quantitative estimate of drug-likeness (QED) is 0.585. The van der Waals surface area contributed by atoms with Crippen LogP contribution in [0.15, 0.2) is 24.3 Å². The highest BCUT2D eigenvalue weighted by molar-refractivity contribution is 6.07. The van der Waals surface area contributed by atoms with Gasteiger partial charge in [-0.2, -0.15) is 0 Å². The number of ether oxygens (including phenoxy) is 1. The van der Waals surface area contributed by atoms with Crippen LogP contribution in [-0.2, 0) is 20.9 Å². The molecule has 1 fully saturated rings. The van der Waals surface area contributed by atoms with E-state index in [9.17, 15) is 9.59 Å². The van der Waals surface area contributed by atoms with Crippen LogP contribution in [0, 0.1) is 12.3 Å². The molecule has 0 aliphatic heterocycles. The first-order valence-corrected chi connectivity index (χ1v) is 7.20. The van der Waals surface area contributed by atoms with Crippen molar-refractivity contribution in [3.8, 4) is 0 Å². The number of amides is 2. The number of carbonyl (C=O) groups is 2. The first-order chi connectivity index (χ1) is 10.1. The molecule has 0 saturated heterocycles. The molecule has 0 unspecified atom stereocenters. The van der Waals surface area contributed by atoms with Crippen LogP contribution in [0.1, 0.15) is 24.0 Å². The molecule has 2 N–H and O–H groups in total. The molecular weight excluding hydrogens is 268 g/mol. The Bertz CT molecular complexity index is 524. The summed E-state index contributed by atoms with van der Waals surface area (Å²) in [5.74, 6) is -0.373. The summed E-state index contributed by atoms with van der Waals surface area (Å²) in [6.07, 6.45) is 1.23. The summed E-state index contributed by atoms with van der Waals surface area (Å²) in [6, 6.07) is 7.89. The molecule has 1 aliphatic carbocycles. The first-order valence-electron chi connectivity index (χ1n) is 7.20. The normalized spacial score (nSPS) is 15.3. The van der Waals surface area contributed by atoms with Crippen LogP contribution in [0.5, 0.6) is 0 Å². The molecule has 1 aromatic carbocycles. The van der Waals surface area contributed by atoms with Crippen molar-refractivity contribution in [3.05, 3.63) is 35.4 Å². The summed E-state index contributed by atoms with van der Waals surface area (Å²) >= 11 is 0. The minimum absolute atomic E-state index is 0.180. The van der Waals surface area contributed by atoms with Gasteiger partial charge in [0.15, 0.2) is 0 Å². The number of hydrogen-bond donors (Lipinski definition) is 2. The minimum atomic E-state index is -0.865. The van der Waals surface area contributed by atoms with E-state index in [-0.39, 0.29) is 11.8 Å². The van der Waals surface area contributed by atoms with Crippen molar-refractivity contribution in [2.45, 2.75) is 26.3 Å². The summed E-state index contributed by atoms with van der Waals surface area (Å²) in [4.78, 5) is 24.4. The van der Waals surface area contributed by atoms with E-state index >= 15 is 0 Å². The highest BCUT2D eigenvalue weighted by Gasteiger charge is 2.56. The van der Waals surface area contributed by atoms with Crippen molar-refractivity contribution in [2.24, 2.45) is 5.41 Å². The van der Waals surface area contributed by atoms with Crippen LogP contribution in [0.4, 0.5) is 0 Å². The summed E-state index contributed by atoms with van der Waals surface area (Å²) in [7, 11) is 1.58. The molecule has 0 heterocycles. The smallest absolute Gasteiger partial charge is 0.235 e. The fourth-order valence-corrected chi connectivity index (χ4v) is 2.27. The Hall–Kier alpha value is -1.88. The van der Waals surface area contributed by atoms with Crippen molar-refractivity contribution >= 4 is 11.8 Å². The van der Waals surface area contributed by atoms with Crippen molar-refractivity contribution in [3.63, 3.8) is 0 Å². The topological polar surface area (TPSA) is 67.4 Å². The van der Waals surface area contributed by atoms with Gasteiger partial charge in [-0.15, -0.1) is 0 Å². The zero-order chi connectivity index (χ0) is 15.3. The minimum Gasteiger partial charge on any atom is -0.383 e. The summed E-state index contributed by atoms with van der Waals surface area (Å²) in [5, 5.41) is 5.63. The highest BCUT2D eigenvalue weighted by Crippen LogP contribution is 2.46. The molecule has 21 heavy (non-hydrogen) atoms. The summed E-state index contributed by atoms with van der Waals surface area (Å²) in [5.41, 5.74) is 1.34. The molecule has 0 radical (unpaired) electrons. The molecule has 5 heteroatoms. The van der Waals surface area contributed by atoms with Crippen LogP contribution in [0.25, 0.3) is 0 Å². The monoisotopic (exact) mass is 290 g/mol. The van der Waals surface area contributed by atoms with Gasteiger partial charge in [-0.3, -0.25) is 9.59 Å². The maximum atomic E-state index is 12.3. The molecule has 0 atom stereocenters. The number of rotatable bonds is 7. The van der Waals surface area contributed by atoms with Crippen LogP contribution < -0.4 is 10.6 Å². The molecule has 0 spiro atoms. The molecule has 2 rings (SSSR count). The number of carbonyl (C=O) groups excluding carboxylic acids is 2. The van der Waals surface area contributed by atoms with Gasteiger partial charge < -0.3 is 15.4 Å². The van der Waals surface area contributed by atoms with Gasteiger partial charge in [-0.25, -0.2) is 0 Å². The van der Waals surface area contributed by atoms with Gasteiger partial charge in [-0.1, -0.05) is 24.3 Å². The number of methoxy groups -OCH3 is 1. The zero-order valence-corrected chi connectivity index (χ0v) is 12.6. The molecule has 5 nitrogen and oxygen atoms in total. The molecule has 1 saturated carbocycles. The van der Waals surface area contributed by atoms with E-state index in [1.807, 2.05) is 31.2 Å². The van der Waals surface area contributed by atoms with E-state index in [1.165, 1.54) is 0 Å². The summed E-state index contributed by atoms with van der Waals surface area (Å²) in [6.45, 7) is 3.35. The largest absolute Gasteiger partial charge is 0.383 e. The molecular formula is C16H22N2O3. The van der Waals surface area contributed by atoms with Gasteiger partial charge in [0.05, 0.1) is 6.61 Å². The Balaban J connectivity index is 1.88. The Kier molecular flexibility index (Phi) is 4.96. The first kappa shape index (κ1) is 15.5. The Labute approximate surface area is 125 Å². The molecule has 0 bridgehead atoms. The standard InChI is InChI=1S/C16H22N2O3/c1-12-5-3-4-6-13(12)11-18-15(20)16(7-8-16)14(19)17-9-10-21-2/h3-6H,7-11H2,1-2H3,(H,17,19)(H,18,20). The number of hydrogen-bond acceptors (Lipinski definition) is 3. The van der Waals surface area contributed by atoms with Crippen molar-refractivity contribution < 1.29 is 14.3 Å². The average Bonchev–Trinajstić information content (AvgIpc) is 3.28. The Morgan fingerprint density at radius 2 is 1.86 bits per heavy atom. The second-order valence-electron chi connectivity index (χ2n) is 5.44. The third kappa shape index (κ3) is 3.61. The molecule has 0 aromatic heterocycles. The van der Waals surface area contributed by atoms with E-state index in [2.05, 4.69) is 10.6 Å². The van der Waals surface area contributed by atoms with E-state index in [0.717, 1.165) is 11.1 Å². The number of nitrogens with one attached hydrogen (secondary N) is 2. The lowest BCUT2D eigenvalue weighted by Crippen LogP contribution is -2.43. The van der Waals surface area contributed by atoms with Crippen LogP contribution >= 0.6 is 0 Å². The van der Waals surface area contributed by atoms with Gasteiger partial charge in [0.1, 0.15) is 5.41 Å². The predicted octanol–water partition coefficient (Wildman–Crippen LogP) is 1.15. The van der Waals surface area contributed by atoms with Gasteiger partial charge in [0.25, 0.3) is 0 Å². The Morgan fingerprint density at radius 3 is 2.48 bits per heavy atom. The second kappa shape index (κ2) is 6.72. The average molecular weight is 290 g/mol. The van der Waals surface area contributed by atoms with E-state index in [0.29, 0.717) is 32.5 Å². The van der Waals surface area contributed by atoms with Gasteiger partial charge in [0, 0.05) is 20.2 Å². The third-order valence-corrected chi connectivity index (χ3v) is 3.91. The van der Waals surface area contributed by atoms with E-state index in [4.69, 9.17) is 4.74 Å². The van der Waals surface area contributed by atoms with E-state index in [1.54, 1.807) is 7.11 Å². The molecule has 114 valence electrons. The van der Waals surface area contributed by atoms with Gasteiger partial charge in [-0.05, 0) is 30.9 Å². The molecule has 2 amide bonds. The number of aryl methyl sites for hydroxylation is 1. The maximum Gasteiger partial charge on any atom is 0.235 e. The maximum absolute atomic E-state index is 12.3. The van der Waals surface area contributed by atoms with Crippen molar-refractivity contribution in [2.75, 3.05) is 20.3 Å². The summed E-state index contributed by atoms with van der Waals surface area (Å²) < 4.78 is 4.89. The third-order valence-electron chi connectivity index (χ3n) is 3.91. The van der Waals surface area contributed by atoms with Crippen LogP contribution in [-0.4, -0.2) is 32.1 Å². The lowest BCUT2D eigenvalue weighted by atomic mass is 10.0. The van der Waals surface area contributed by atoms with E-state index < -0.39 is 5.41 Å². The van der Waals surface area contributed by atoms with Crippen molar-refractivity contribution in [1.29, 1.82) is 0 Å². The fraction of sp³-hybridized carbons (Fsp3) is 0.500. The van der Waals surface area contributed by atoms with Gasteiger partial charge in [0.2, 0.25) is 11.8 Å². The van der Waals surface area contributed by atoms with Crippen LogP contribution in [0.2, 0.25) is 0 Å². The lowest BCUT2D eigenvalue weighted by molar-refractivity contribution is -0.137. The molecule has 1 aliphatic rings. The number of benzene rings is 1.